The molecule has 0 aromatic rings. The Morgan fingerprint density at radius 1 is 1.25 bits per heavy atom. The van der Waals surface area contributed by atoms with E-state index in [0.717, 1.165) is 12.0 Å². The van der Waals surface area contributed by atoms with E-state index in [9.17, 15) is 19.8 Å². The summed E-state index contributed by atoms with van der Waals surface area (Å²) < 4.78 is 22.3. The molecule has 9 heteroatoms. The SMILES string of the molecule is CC(=O)O[C@@H](C)C=CC(=O)N[C@@H]1C[C@H](C)[C@H](CC=C(C)C=C[C@H]2O[C@](C)(O)C[C@@]3(CO3)[C@@H]2O)O[C@@H]1C. The molecule has 3 heterocycles. The molecule has 0 bridgehead atoms. The smallest absolute Gasteiger partial charge is 0.303 e. The minimum Gasteiger partial charge on any atom is -0.459 e. The second-order valence-corrected chi connectivity index (χ2v) is 10.7. The number of carbonyl (C=O) groups is 2. The van der Waals surface area contributed by atoms with Crippen LogP contribution in [0.25, 0.3) is 0 Å². The van der Waals surface area contributed by atoms with Crippen LogP contribution in [0.1, 0.15) is 60.8 Å². The number of rotatable bonds is 8. The zero-order valence-electron chi connectivity index (χ0n) is 22.1. The van der Waals surface area contributed by atoms with E-state index in [1.165, 1.54) is 13.0 Å². The van der Waals surface area contributed by atoms with Crippen LogP contribution in [0.15, 0.2) is 36.0 Å². The fraction of sp³-hybridized carbons (Fsp3) is 0.704. The van der Waals surface area contributed by atoms with Gasteiger partial charge in [0.05, 0.1) is 24.9 Å². The van der Waals surface area contributed by atoms with Crippen LogP contribution in [-0.2, 0) is 28.5 Å². The third-order valence-corrected chi connectivity index (χ3v) is 7.02. The van der Waals surface area contributed by atoms with Gasteiger partial charge in [-0.3, -0.25) is 9.59 Å². The average Bonchev–Trinajstić information content (AvgIpc) is 3.54. The molecule has 36 heavy (non-hydrogen) atoms. The molecule has 3 rings (SSSR count). The van der Waals surface area contributed by atoms with Crippen LogP contribution in [0.4, 0.5) is 0 Å². The van der Waals surface area contributed by atoms with Gasteiger partial charge in [0, 0.05) is 19.4 Å². The van der Waals surface area contributed by atoms with Gasteiger partial charge in [0.15, 0.2) is 5.79 Å². The molecular formula is C27H41NO8. The van der Waals surface area contributed by atoms with Crippen LogP contribution < -0.4 is 5.32 Å². The summed E-state index contributed by atoms with van der Waals surface area (Å²) in [4.78, 5) is 23.3. The highest BCUT2D eigenvalue weighted by Gasteiger charge is 2.61. The normalized spacial score (nSPS) is 39.9. The van der Waals surface area contributed by atoms with E-state index < -0.39 is 35.7 Å². The van der Waals surface area contributed by atoms with Gasteiger partial charge in [0.25, 0.3) is 0 Å². The summed E-state index contributed by atoms with van der Waals surface area (Å²) in [6.07, 6.45) is 8.33. The molecule has 3 fully saturated rings. The van der Waals surface area contributed by atoms with Crippen LogP contribution in [0, 0.1) is 5.92 Å². The molecule has 3 N–H and O–H groups in total. The van der Waals surface area contributed by atoms with E-state index in [1.807, 2.05) is 19.9 Å². The lowest BCUT2D eigenvalue weighted by atomic mass is 9.87. The number of allylic oxidation sites excluding steroid dienone is 2. The Bertz CT molecular complexity index is 890. The summed E-state index contributed by atoms with van der Waals surface area (Å²) in [6.45, 7) is 11.1. The highest BCUT2D eigenvalue weighted by Crippen LogP contribution is 2.45. The molecule has 0 saturated carbocycles. The minimum atomic E-state index is -1.34. The maximum atomic E-state index is 12.3. The third kappa shape index (κ3) is 7.73. The first-order chi connectivity index (χ1) is 16.8. The van der Waals surface area contributed by atoms with Gasteiger partial charge in [0.1, 0.15) is 23.9 Å². The van der Waals surface area contributed by atoms with Crippen LogP contribution >= 0.6 is 0 Å². The zero-order chi connectivity index (χ0) is 26.7. The van der Waals surface area contributed by atoms with Gasteiger partial charge in [-0.05, 0) is 52.5 Å². The first-order valence-electron chi connectivity index (χ1n) is 12.7. The number of ether oxygens (including phenoxy) is 4. The van der Waals surface area contributed by atoms with Gasteiger partial charge in [-0.2, -0.15) is 0 Å². The van der Waals surface area contributed by atoms with Crippen molar-refractivity contribution in [3.63, 3.8) is 0 Å². The monoisotopic (exact) mass is 507 g/mol. The number of epoxide rings is 1. The Balaban J connectivity index is 1.49. The van der Waals surface area contributed by atoms with E-state index in [-0.39, 0.29) is 36.5 Å². The second-order valence-electron chi connectivity index (χ2n) is 10.7. The van der Waals surface area contributed by atoms with Gasteiger partial charge in [-0.25, -0.2) is 0 Å². The van der Waals surface area contributed by atoms with Crippen LogP contribution in [0.5, 0.6) is 0 Å². The number of amides is 1. The molecule has 0 aliphatic carbocycles. The summed E-state index contributed by atoms with van der Waals surface area (Å²) in [5, 5.41) is 23.9. The van der Waals surface area contributed by atoms with Gasteiger partial charge in [-0.15, -0.1) is 0 Å². The summed E-state index contributed by atoms with van der Waals surface area (Å²) in [7, 11) is 0. The van der Waals surface area contributed by atoms with Crippen molar-refractivity contribution in [2.45, 2.75) is 109 Å². The topological polar surface area (TPSA) is 127 Å². The number of nitrogens with one attached hydrogen (secondary N) is 1. The Kier molecular flexibility index (Phi) is 9.16. The van der Waals surface area contributed by atoms with Crippen molar-refractivity contribution in [3.05, 3.63) is 36.0 Å². The lowest BCUT2D eigenvalue weighted by molar-refractivity contribution is -0.272. The van der Waals surface area contributed by atoms with Gasteiger partial charge < -0.3 is 34.5 Å². The first kappa shape index (κ1) is 28.5. The van der Waals surface area contributed by atoms with Crippen molar-refractivity contribution in [1.29, 1.82) is 0 Å². The van der Waals surface area contributed by atoms with Gasteiger partial charge >= 0.3 is 5.97 Å². The lowest BCUT2D eigenvalue weighted by Gasteiger charge is -2.40. The molecule has 0 aromatic heterocycles. The molecule has 3 saturated heterocycles. The van der Waals surface area contributed by atoms with E-state index in [1.54, 1.807) is 26.0 Å². The molecule has 0 unspecified atom stereocenters. The third-order valence-electron chi connectivity index (χ3n) is 7.02. The fourth-order valence-corrected chi connectivity index (χ4v) is 4.95. The molecule has 0 radical (unpaired) electrons. The van der Waals surface area contributed by atoms with Crippen molar-refractivity contribution in [1.82, 2.24) is 5.32 Å². The Hall–Kier alpha value is -2.04. The van der Waals surface area contributed by atoms with Crippen molar-refractivity contribution >= 4 is 11.9 Å². The predicted molar refractivity (Wildman–Crippen MR) is 133 cm³/mol. The predicted octanol–water partition coefficient (Wildman–Crippen LogP) is 2.31. The zero-order valence-corrected chi connectivity index (χ0v) is 22.1. The van der Waals surface area contributed by atoms with Gasteiger partial charge in [0.2, 0.25) is 5.91 Å². The number of aliphatic hydroxyl groups is 2. The molecule has 202 valence electrons. The molecular weight excluding hydrogens is 466 g/mol. The summed E-state index contributed by atoms with van der Waals surface area (Å²) in [5.74, 6) is -1.75. The minimum absolute atomic E-state index is 0.0106. The van der Waals surface area contributed by atoms with E-state index in [4.69, 9.17) is 18.9 Å². The van der Waals surface area contributed by atoms with E-state index in [0.29, 0.717) is 13.0 Å². The second kappa shape index (κ2) is 11.6. The number of aliphatic hydroxyl groups excluding tert-OH is 1. The van der Waals surface area contributed by atoms with Crippen molar-refractivity contribution in [2.75, 3.05) is 6.61 Å². The molecule has 0 aromatic carbocycles. The summed E-state index contributed by atoms with van der Waals surface area (Å²) >= 11 is 0. The molecule has 9 atom stereocenters. The van der Waals surface area contributed by atoms with E-state index >= 15 is 0 Å². The number of hydrogen-bond acceptors (Lipinski definition) is 8. The Morgan fingerprint density at radius 3 is 2.58 bits per heavy atom. The quantitative estimate of drug-likeness (QED) is 0.198. The first-order valence-corrected chi connectivity index (χ1v) is 12.7. The Labute approximate surface area is 213 Å². The van der Waals surface area contributed by atoms with E-state index in [2.05, 4.69) is 18.3 Å². The largest absolute Gasteiger partial charge is 0.459 e. The lowest BCUT2D eigenvalue weighted by Crippen LogP contribution is -2.54. The van der Waals surface area contributed by atoms with Crippen molar-refractivity contribution < 1.29 is 38.7 Å². The molecule has 1 amide bonds. The maximum absolute atomic E-state index is 12.3. The number of carbonyl (C=O) groups excluding carboxylic acids is 2. The van der Waals surface area contributed by atoms with Gasteiger partial charge in [-0.1, -0.05) is 30.7 Å². The standard InChI is InChI=1S/C27H41NO8/c1-16(8-11-23-25(31)27(15-33-27)14-26(6,32)36-23)7-10-22-17(2)13-21(19(4)35-22)28-24(30)12-9-18(3)34-20(5)29/h7-9,11-12,17-19,21-23,25,31-32H,10,13-15H2,1-6H3,(H,28,30)/t17-,18-,19+,21+,22-,23+,25+,26-,27+/m0/s1. The Morgan fingerprint density at radius 2 is 1.94 bits per heavy atom. The molecule has 3 aliphatic rings. The van der Waals surface area contributed by atoms with Crippen molar-refractivity contribution in [2.24, 2.45) is 5.92 Å². The number of hydrogen-bond donors (Lipinski definition) is 3. The van der Waals surface area contributed by atoms with Crippen LogP contribution in [0.2, 0.25) is 0 Å². The maximum Gasteiger partial charge on any atom is 0.303 e. The van der Waals surface area contributed by atoms with Crippen LogP contribution in [0.3, 0.4) is 0 Å². The highest BCUT2D eigenvalue weighted by molar-refractivity contribution is 5.87. The molecule has 1 spiro atoms. The summed E-state index contributed by atoms with van der Waals surface area (Å²) in [5.41, 5.74) is 0.283. The molecule has 3 aliphatic heterocycles. The molecule has 9 nitrogen and oxygen atoms in total. The van der Waals surface area contributed by atoms with Crippen molar-refractivity contribution in [3.8, 4) is 0 Å². The fourth-order valence-electron chi connectivity index (χ4n) is 4.95. The highest BCUT2D eigenvalue weighted by atomic mass is 16.7. The van der Waals surface area contributed by atoms with Crippen LogP contribution in [-0.4, -0.2) is 76.6 Å². The average molecular weight is 508 g/mol. The number of esters is 1. The summed E-state index contributed by atoms with van der Waals surface area (Å²) in [6, 6.07) is -0.114.